The number of allylic oxidation sites excluding steroid dienone is 3. The highest BCUT2D eigenvalue weighted by molar-refractivity contribution is 6.30. The molecule has 3 aliphatic rings. The summed E-state index contributed by atoms with van der Waals surface area (Å²) in [7, 11) is 0. The molecule has 23 heavy (non-hydrogen) atoms. The molecule has 0 spiro atoms. The highest BCUT2D eigenvalue weighted by Gasteiger charge is 2.32. The SMILES string of the molecule is CC1=CNC2C(Cl)=CC(C3CCC[C@@H](c4ccccc4)C3)=CN12. The van der Waals surface area contributed by atoms with Crippen LogP contribution in [0.2, 0.25) is 0 Å². The summed E-state index contributed by atoms with van der Waals surface area (Å²) in [6.45, 7) is 2.13. The first-order valence-corrected chi connectivity index (χ1v) is 8.95. The van der Waals surface area contributed by atoms with Gasteiger partial charge in [0.25, 0.3) is 0 Å². The van der Waals surface area contributed by atoms with Gasteiger partial charge in [-0.3, -0.25) is 0 Å². The van der Waals surface area contributed by atoms with Crippen molar-refractivity contribution in [3.05, 3.63) is 70.7 Å². The van der Waals surface area contributed by atoms with E-state index in [0.717, 1.165) is 5.03 Å². The average molecular weight is 327 g/mol. The molecule has 2 unspecified atom stereocenters. The van der Waals surface area contributed by atoms with Crippen LogP contribution < -0.4 is 5.32 Å². The topological polar surface area (TPSA) is 15.3 Å². The molecule has 3 atom stereocenters. The Labute approximate surface area is 143 Å². The molecule has 120 valence electrons. The van der Waals surface area contributed by atoms with E-state index >= 15 is 0 Å². The maximum absolute atomic E-state index is 6.53. The van der Waals surface area contributed by atoms with Crippen LogP contribution in [0.25, 0.3) is 0 Å². The molecule has 1 aliphatic carbocycles. The Morgan fingerprint density at radius 2 is 1.91 bits per heavy atom. The molecule has 1 N–H and O–H groups in total. The third-order valence-corrected chi connectivity index (χ3v) is 5.72. The van der Waals surface area contributed by atoms with Gasteiger partial charge in [0.05, 0.1) is 5.03 Å². The number of nitrogens with one attached hydrogen (secondary N) is 1. The summed E-state index contributed by atoms with van der Waals surface area (Å²) in [6.07, 6.45) is 11.8. The average Bonchev–Trinajstić information content (AvgIpc) is 2.98. The molecule has 1 aromatic rings. The summed E-state index contributed by atoms with van der Waals surface area (Å²) in [5.74, 6) is 1.28. The van der Waals surface area contributed by atoms with Crippen LogP contribution in [0.5, 0.6) is 0 Å². The Bertz CT molecular complexity index is 674. The first kappa shape index (κ1) is 14.9. The van der Waals surface area contributed by atoms with Gasteiger partial charge < -0.3 is 10.2 Å². The molecular formula is C20H23ClN2. The number of benzene rings is 1. The molecule has 1 saturated carbocycles. The summed E-state index contributed by atoms with van der Waals surface area (Å²) in [5.41, 5.74) is 4.11. The molecule has 0 radical (unpaired) electrons. The zero-order chi connectivity index (χ0) is 15.8. The van der Waals surface area contributed by atoms with Crippen molar-refractivity contribution in [3.63, 3.8) is 0 Å². The Morgan fingerprint density at radius 3 is 2.74 bits per heavy atom. The quantitative estimate of drug-likeness (QED) is 0.816. The summed E-state index contributed by atoms with van der Waals surface area (Å²) >= 11 is 6.53. The number of hydrogen-bond acceptors (Lipinski definition) is 2. The van der Waals surface area contributed by atoms with Gasteiger partial charge in [0.1, 0.15) is 6.17 Å². The lowest BCUT2D eigenvalue weighted by molar-refractivity contribution is 0.342. The largest absolute Gasteiger partial charge is 0.365 e. The van der Waals surface area contributed by atoms with Gasteiger partial charge in [-0.05, 0) is 55.2 Å². The molecule has 2 aliphatic heterocycles. The number of hydrogen-bond donors (Lipinski definition) is 1. The second kappa shape index (κ2) is 6.09. The van der Waals surface area contributed by atoms with Crippen molar-refractivity contribution in [2.75, 3.05) is 0 Å². The van der Waals surface area contributed by atoms with E-state index in [1.165, 1.54) is 42.5 Å². The van der Waals surface area contributed by atoms with Crippen LogP contribution in [0.4, 0.5) is 0 Å². The van der Waals surface area contributed by atoms with Crippen LogP contribution in [0, 0.1) is 5.92 Å². The molecule has 0 bridgehead atoms. The fourth-order valence-electron chi connectivity index (χ4n) is 4.13. The first-order valence-electron chi connectivity index (χ1n) is 8.57. The van der Waals surface area contributed by atoms with Crippen LogP contribution in [0.1, 0.15) is 44.1 Å². The van der Waals surface area contributed by atoms with Gasteiger partial charge in [-0.25, -0.2) is 0 Å². The number of halogens is 1. The maximum atomic E-state index is 6.53. The fraction of sp³-hybridized carbons (Fsp3) is 0.400. The lowest BCUT2D eigenvalue weighted by Crippen LogP contribution is -2.36. The summed E-state index contributed by atoms with van der Waals surface area (Å²) in [4.78, 5) is 2.27. The van der Waals surface area contributed by atoms with Gasteiger partial charge in [0, 0.05) is 18.1 Å². The molecule has 2 nitrogen and oxygen atoms in total. The van der Waals surface area contributed by atoms with Gasteiger partial charge >= 0.3 is 0 Å². The minimum absolute atomic E-state index is 0.105. The zero-order valence-electron chi connectivity index (χ0n) is 13.5. The van der Waals surface area contributed by atoms with Crippen molar-refractivity contribution in [3.8, 4) is 0 Å². The van der Waals surface area contributed by atoms with E-state index in [-0.39, 0.29) is 6.17 Å². The fourth-order valence-corrected chi connectivity index (χ4v) is 4.42. The predicted octanol–water partition coefficient (Wildman–Crippen LogP) is 5.07. The Morgan fingerprint density at radius 1 is 1.13 bits per heavy atom. The van der Waals surface area contributed by atoms with E-state index in [1.807, 2.05) is 6.20 Å². The minimum Gasteiger partial charge on any atom is -0.365 e. The summed E-state index contributed by atoms with van der Waals surface area (Å²) < 4.78 is 0. The van der Waals surface area contributed by atoms with Gasteiger partial charge in [0.2, 0.25) is 0 Å². The van der Waals surface area contributed by atoms with Crippen molar-refractivity contribution in [1.29, 1.82) is 0 Å². The van der Waals surface area contributed by atoms with Gasteiger partial charge in [-0.2, -0.15) is 0 Å². The molecule has 0 aromatic heterocycles. The Kier molecular flexibility index (Phi) is 3.94. The van der Waals surface area contributed by atoms with E-state index < -0.39 is 0 Å². The molecule has 1 aromatic carbocycles. The number of fused-ring (bicyclic) bond motifs is 1. The van der Waals surface area contributed by atoms with E-state index in [1.54, 1.807) is 0 Å². The van der Waals surface area contributed by atoms with Crippen molar-refractivity contribution < 1.29 is 0 Å². The lowest BCUT2D eigenvalue weighted by Gasteiger charge is -2.35. The highest BCUT2D eigenvalue weighted by Crippen LogP contribution is 2.42. The van der Waals surface area contributed by atoms with Crippen molar-refractivity contribution >= 4 is 11.6 Å². The molecule has 0 saturated heterocycles. The predicted molar refractivity (Wildman–Crippen MR) is 95.7 cm³/mol. The van der Waals surface area contributed by atoms with Crippen molar-refractivity contribution in [2.24, 2.45) is 5.92 Å². The van der Waals surface area contributed by atoms with Gasteiger partial charge in [-0.1, -0.05) is 48.4 Å². The first-order chi connectivity index (χ1) is 11.2. The number of nitrogens with zero attached hydrogens (tertiary/aromatic N) is 1. The molecule has 1 fully saturated rings. The van der Waals surface area contributed by atoms with Gasteiger partial charge in [0.15, 0.2) is 0 Å². The highest BCUT2D eigenvalue weighted by atomic mass is 35.5. The lowest BCUT2D eigenvalue weighted by atomic mass is 9.75. The van der Waals surface area contributed by atoms with Crippen molar-refractivity contribution in [2.45, 2.75) is 44.7 Å². The van der Waals surface area contributed by atoms with E-state index in [0.29, 0.717) is 11.8 Å². The second-order valence-corrected chi connectivity index (χ2v) is 7.33. The van der Waals surface area contributed by atoms with Crippen molar-refractivity contribution in [1.82, 2.24) is 10.2 Å². The van der Waals surface area contributed by atoms with Gasteiger partial charge in [-0.15, -0.1) is 0 Å². The monoisotopic (exact) mass is 326 g/mol. The van der Waals surface area contributed by atoms with E-state index in [4.69, 9.17) is 11.6 Å². The van der Waals surface area contributed by atoms with E-state index in [2.05, 4.69) is 59.7 Å². The Hall–Kier alpha value is -1.67. The molecule has 3 heteroatoms. The molecule has 4 rings (SSSR count). The Balaban J connectivity index is 1.56. The zero-order valence-corrected chi connectivity index (χ0v) is 14.3. The molecule has 0 amide bonds. The van der Waals surface area contributed by atoms with Crippen LogP contribution in [0.15, 0.2) is 65.1 Å². The third kappa shape index (κ3) is 2.81. The smallest absolute Gasteiger partial charge is 0.140 e. The van der Waals surface area contributed by atoms with Crippen LogP contribution in [0.3, 0.4) is 0 Å². The van der Waals surface area contributed by atoms with E-state index in [9.17, 15) is 0 Å². The summed E-state index contributed by atoms with van der Waals surface area (Å²) in [5, 5.41) is 4.24. The van der Waals surface area contributed by atoms with Crippen LogP contribution in [-0.4, -0.2) is 11.1 Å². The summed E-state index contributed by atoms with van der Waals surface area (Å²) in [6, 6.07) is 11.0. The van der Waals surface area contributed by atoms with Crippen LogP contribution in [-0.2, 0) is 0 Å². The number of rotatable bonds is 2. The second-order valence-electron chi connectivity index (χ2n) is 6.89. The third-order valence-electron chi connectivity index (χ3n) is 5.41. The normalized spacial score (nSPS) is 30.1. The standard InChI is InChI=1S/C20H23ClN2/c1-14-12-22-20-19(21)11-18(13-23(14)20)17-9-5-8-16(10-17)15-6-3-2-4-7-15/h2-4,6-7,11-13,16-17,20,22H,5,8-10H2,1H3/t16-,17?,20?/m1/s1. The minimum atomic E-state index is 0.105. The molecule has 2 heterocycles. The maximum Gasteiger partial charge on any atom is 0.140 e. The molecular weight excluding hydrogens is 304 g/mol. The van der Waals surface area contributed by atoms with Crippen LogP contribution >= 0.6 is 11.6 Å².